The van der Waals surface area contributed by atoms with Gasteiger partial charge in [-0.2, -0.15) is 0 Å². The smallest absolute Gasteiger partial charge is 0.261 e. The number of thiophene rings is 1. The second-order valence-corrected chi connectivity index (χ2v) is 4.81. The molecule has 1 aromatic rings. The molecule has 2 rings (SSSR count). The van der Waals surface area contributed by atoms with Crippen molar-refractivity contribution in [3.05, 3.63) is 21.4 Å². The van der Waals surface area contributed by atoms with Crippen molar-refractivity contribution in [1.82, 2.24) is 5.32 Å². The third-order valence-corrected chi connectivity index (χ3v) is 3.74. The lowest BCUT2D eigenvalue weighted by Crippen LogP contribution is -2.22. The molecule has 0 saturated heterocycles. The lowest BCUT2D eigenvalue weighted by molar-refractivity contribution is 0.0957. The molecule has 0 spiro atoms. The van der Waals surface area contributed by atoms with Crippen molar-refractivity contribution in [2.45, 2.75) is 32.6 Å². The van der Waals surface area contributed by atoms with Crippen molar-refractivity contribution in [2.24, 2.45) is 0 Å². The first kappa shape index (κ1) is 9.71. The summed E-state index contributed by atoms with van der Waals surface area (Å²) >= 11 is 1.67. The Morgan fingerprint density at radius 1 is 1.57 bits per heavy atom. The molecule has 76 valence electrons. The molecule has 0 unspecified atom stereocenters. The number of nitrogens with one attached hydrogen (secondary N) is 1. The molecule has 2 nitrogen and oxygen atoms in total. The summed E-state index contributed by atoms with van der Waals surface area (Å²) in [7, 11) is 0. The third-order valence-electron chi connectivity index (χ3n) is 2.51. The quantitative estimate of drug-likeness (QED) is 0.813. The highest BCUT2D eigenvalue weighted by Crippen LogP contribution is 2.30. The number of aryl methyl sites for hydroxylation is 2. The number of carbonyl (C=O) groups excluding carboxylic acids is 1. The van der Waals surface area contributed by atoms with E-state index in [0.29, 0.717) is 0 Å². The summed E-state index contributed by atoms with van der Waals surface area (Å²) in [6.07, 6.45) is 4.59. The Balaban J connectivity index is 2.06. The average Bonchev–Trinajstić information content (AvgIpc) is 2.72. The Morgan fingerprint density at radius 3 is 3.14 bits per heavy atom. The molecule has 1 amide bonds. The fourth-order valence-electron chi connectivity index (χ4n) is 1.77. The van der Waals surface area contributed by atoms with Gasteiger partial charge in [0.15, 0.2) is 0 Å². The molecule has 0 bridgehead atoms. The topological polar surface area (TPSA) is 29.1 Å². The van der Waals surface area contributed by atoms with Crippen molar-refractivity contribution >= 4 is 17.2 Å². The summed E-state index contributed by atoms with van der Waals surface area (Å²) in [5, 5.41) is 2.91. The van der Waals surface area contributed by atoms with Crippen molar-refractivity contribution < 1.29 is 4.79 Å². The van der Waals surface area contributed by atoms with Gasteiger partial charge in [0.25, 0.3) is 5.91 Å². The SMILES string of the molecule is CCCNC(=O)c1cc2c(s1)CCC2. The first-order valence-electron chi connectivity index (χ1n) is 5.21. The second kappa shape index (κ2) is 4.13. The molecule has 0 aromatic carbocycles. The van der Waals surface area contributed by atoms with Gasteiger partial charge in [0.2, 0.25) is 0 Å². The molecule has 1 aromatic heterocycles. The monoisotopic (exact) mass is 209 g/mol. The van der Waals surface area contributed by atoms with Gasteiger partial charge in [-0.3, -0.25) is 4.79 Å². The molecule has 0 atom stereocenters. The van der Waals surface area contributed by atoms with Crippen LogP contribution in [0.5, 0.6) is 0 Å². The standard InChI is InChI=1S/C11H15NOS/c1-2-6-12-11(13)10-7-8-4-3-5-9(8)14-10/h7H,2-6H2,1H3,(H,12,13). The number of fused-ring (bicyclic) bond motifs is 1. The predicted octanol–water partition coefficient (Wildman–Crippen LogP) is 2.38. The molecular weight excluding hydrogens is 194 g/mol. The molecule has 1 aliphatic carbocycles. The van der Waals surface area contributed by atoms with Crippen LogP contribution in [0.25, 0.3) is 0 Å². The molecular formula is C11H15NOS. The van der Waals surface area contributed by atoms with Gasteiger partial charge in [0, 0.05) is 11.4 Å². The lowest BCUT2D eigenvalue weighted by atomic mass is 10.2. The van der Waals surface area contributed by atoms with E-state index < -0.39 is 0 Å². The largest absolute Gasteiger partial charge is 0.351 e. The second-order valence-electron chi connectivity index (χ2n) is 3.67. The van der Waals surface area contributed by atoms with E-state index in [1.807, 2.05) is 0 Å². The molecule has 3 heteroatoms. The van der Waals surface area contributed by atoms with Crippen LogP contribution in [-0.2, 0) is 12.8 Å². The van der Waals surface area contributed by atoms with Crippen LogP contribution in [0.2, 0.25) is 0 Å². The zero-order chi connectivity index (χ0) is 9.97. The van der Waals surface area contributed by atoms with Crippen molar-refractivity contribution in [1.29, 1.82) is 0 Å². The van der Waals surface area contributed by atoms with E-state index in [-0.39, 0.29) is 5.91 Å². The molecule has 0 fully saturated rings. The molecule has 0 saturated carbocycles. The Kier molecular flexibility index (Phi) is 2.87. The van der Waals surface area contributed by atoms with Gasteiger partial charge in [-0.1, -0.05) is 6.92 Å². The van der Waals surface area contributed by atoms with Crippen molar-refractivity contribution in [3.8, 4) is 0 Å². The number of amides is 1. The zero-order valence-electron chi connectivity index (χ0n) is 8.43. The van der Waals surface area contributed by atoms with Crippen molar-refractivity contribution in [2.75, 3.05) is 6.54 Å². The highest BCUT2D eigenvalue weighted by Gasteiger charge is 2.17. The molecule has 1 N–H and O–H groups in total. The highest BCUT2D eigenvalue weighted by atomic mass is 32.1. The van der Waals surface area contributed by atoms with Crippen LogP contribution in [0.1, 0.15) is 39.9 Å². The minimum atomic E-state index is 0.103. The number of rotatable bonds is 3. The fourth-order valence-corrected chi connectivity index (χ4v) is 2.94. The van der Waals surface area contributed by atoms with Gasteiger partial charge in [0.05, 0.1) is 4.88 Å². The summed E-state index contributed by atoms with van der Waals surface area (Å²) in [5.74, 6) is 0.103. The zero-order valence-corrected chi connectivity index (χ0v) is 9.25. The third kappa shape index (κ3) is 1.82. The van der Waals surface area contributed by atoms with Gasteiger partial charge in [0.1, 0.15) is 0 Å². The van der Waals surface area contributed by atoms with Crippen LogP contribution in [0.4, 0.5) is 0 Å². The summed E-state index contributed by atoms with van der Waals surface area (Å²) in [6.45, 7) is 2.84. The van der Waals surface area contributed by atoms with Crippen LogP contribution >= 0.6 is 11.3 Å². The van der Waals surface area contributed by atoms with Crippen molar-refractivity contribution in [3.63, 3.8) is 0 Å². The molecule has 14 heavy (non-hydrogen) atoms. The highest BCUT2D eigenvalue weighted by molar-refractivity contribution is 7.14. The first-order valence-corrected chi connectivity index (χ1v) is 6.02. The maximum absolute atomic E-state index is 11.6. The summed E-state index contributed by atoms with van der Waals surface area (Å²) in [6, 6.07) is 2.07. The lowest BCUT2D eigenvalue weighted by Gasteiger charge is -1.99. The summed E-state index contributed by atoms with van der Waals surface area (Å²) in [5.41, 5.74) is 1.40. The van der Waals surface area contributed by atoms with E-state index in [4.69, 9.17) is 0 Å². The normalized spacial score (nSPS) is 14.1. The van der Waals surface area contributed by atoms with E-state index >= 15 is 0 Å². The van der Waals surface area contributed by atoms with Crippen LogP contribution in [0, 0.1) is 0 Å². The summed E-state index contributed by atoms with van der Waals surface area (Å²) in [4.78, 5) is 13.9. The van der Waals surface area contributed by atoms with Crippen LogP contribution in [-0.4, -0.2) is 12.5 Å². The van der Waals surface area contributed by atoms with E-state index in [1.54, 1.807) is 11.3 Å². The van der Waals surface area contributed by atoms with Gasteiger partial charge >= 0.3 is 0 Å². The van der Waals surface area contributed by atoms with Crippen LogP contribution in [0.3, 0.4) is 0 Å². The summed E-state index contributed by atoms with van der Waals surface area (Å²) < 4.78 is 0. The Labute approximate surface area is 88.3 Å². The average molecular weight is 209 g/mol. The predicted molar refractivity (Wildman–Crippen MR) is 59.0 cm³/mol. The van der Waals surface area contributed by atoms with E-state index in [1.165, 1.54) is 23.3 Å². The number of carbonyl (C=O) groups is 1. The minimum absolute atomic E-state index is 0.103. The molecule has 1 aliphatic rings. The van der Waals surface area contributed by atoms with Gasteiger partial charge in [-0.15, -0.1) is 11.3 Å². The first-order chi connectivity index (χ1) is 6.81. The maximum atomic E-state index is 11.6. The van der Waals surface area contributed by atoms with Crippen LogP contribution < -0.4 is 5.32 Å². The Morgan fingerprint density at radius 2 is 2.43 bits per heavy atom. The van der Waals surface area contributed by atoms with Crippen LogP contribution in [0.15, 0.2) is 6.07 Å². The maximum Gasteiger partial charge on any atom is 0.261 e. The molecule has 0 radical (unpaired) electrons. The molecule has 1 heterocycles. The van der Waals surface area contributed by atoms with E-state index in [9.17, 15) is 4.79 Å². The minimum Gasteiger partial charge on any atom is -0.351 e. The van der Waals surface area contributed by atoms with Gasteiger partial charge < -0.3 is 5.32 Å². The van der Waals surface area contributed by atoms with Gasteiger partial charge in [-0.05, 0) is 37.3 Å². The Hall–Kier alpha value is -0.830. The Bertz CT molecular complexity index is 322. The molecule has 0 aliphatic heterocycles. The fraction of sp³-hybridized carbons (Fsp3) is 0.545. The van der Waals surface area contributed by atoms with Gasteiger partial charge in [-0.25, -0.2) is 0 Å². The number of hydrogen-bond donors (Lipinski definition) is 1. The van der Waals surface area contributed by atoms with E-state index in [2.05, 4.69) is 18.3 Å². The number of hydrogen-bond acceptors (Lipinski definition) is 2. The van der Waals surface area contributed by atoms with E-state index in [0.717, 1.165) is 24.3 Å².